The first-order chi connectivity index (χ1) is 9.52. The third kappa shape index (κ3) is 3.18. The maximum absolute atomic E-state index is 13.9. The van der Waals surface area contributed by atoms with E-state index in [9.17, 15) is 4.39 Å². The molecule has 6 nitrogen and oxygen atoms in total. The second kappa shape index (κ2) is 6.36. The van der Waals surface area contributed by atoms with Gasteiger partial charge in [0, 0.05) is 36.8 Å². The lowest BCUT2D eigenvalue weighted by molar-refractivity contribution is 0.229. The van der Waals surface area contributed by atoms with Crippen LogP contribution in [-0.2, 0) is 0 Å². The monoisotopic (exact) mass is 345 g/mol. The first-order valence-electron chi connectivity index (χ1n) is 6.30. The van der Waals surface area contributed by atoms with Crippen molar-refractivity contribution in [2.45, 2.75) is 13.0 Å². The van der Waals surface area contributed by atoms with Crippen LogP contribution >= 0.6 is 15.9 Å². The second-order valence-corrected chi connectivity index (χ2v) is 5.60. The van der Waals surface area contributed by atoms with Crippen LogP contribution in [0.5, 0.6) is 0 Å². The predicted molar refractivity (Wildman–Crippen MR) is 78.6 cm³/mol. The van der Waals surface area contributed by atoms with Crippen molar-refractivity contribution in [3.63, 3.8) is 0 Å². The lowest BCUT2D eigenvalue weighted by atomic mass is 10.2. The number of amidine groups is 1. The van der Waals surface area contributed by atoms with Crippen LogP contribution in [0, 0.1) is 5.82 Å². The van der Waals surface area contributed by atoms with Crippen molar-refractivity contribution >= 4 is 27.6 Å². The SMILES string of the molecule is CC(C(N)=NO)N1CCN(c2ncc(Br)cc2F)CC1. The highest BCUT2D eigenvalue weighted by molar-refractivity contribution is 9.10. The molecule has 1 aliphatic heterocycles. The van der Waals surface area contributed by atoms with E-state index in [-0.39, 0.29) is 17.7 Å². The molecule has 110 valence electrons. The van der Waals surface area contributed by atoms with Crippen LogP contribution in [0.25, 0.3) is 0 Å². The average molecular weight is 346 g/mol. The number of piperazine rings is 1. The van der Waals surface area contributed by atoms with Crippen molar-refractivity contribution in [1.82, 2.24) is 9.88 Å². The minimum atomic E-state index is -0.336. The van der Waals surface area contributed by atoms with Crippen molar-refractivity contribution in [2.75, 3.05) is 31.1 Å². The van der Waals surface area contributed by atoms with Gasteiger partial charge in [-0.3, -0.25) is 4.90 Å². The number of hydrogen-bond donors (Lipinski definition) is 2. The maximum atomic E-state index is 13.9. The Morgan fingerprint density at radius 3 is 2.70 bits per heavy atom. The van der Waals surface area contributed by atoms with Gasteiger partial charge in [0.15, 0.2) is 17.5 Å². The lowest BCUT2D eigenvalue weighted by Crippen LogP contribution is -2.53. The Hall–Kier alpha value is -1.41. The number of hydrogen-bond acceptors (Lipinski definition) is 5. The molecule has 0 spiro atoms. The van der Waals surface area contributed by atoms with Gasteiger partial charge in [-0.05, 0) is 28.9 Å². The van der Waals surface area contributed by atoms with Crippen LogP contribution in [0.2, 0.25) is 0 Å². The van der Waals surface area contributed by atoms with Crippen LogP contribution < -0.4 is 10.6 Å². The number of pyridine rings is 1. The van der Waals surface area contributed by atoms with E-state index < -0.39 is 0 Å². The van der Waals surface area contributed by atoms with Crippen molar-refractivity contribution in [1.29, 1.82) is 0 Å². The first-order valence-corrected chi connectivity index (χ1v) is 7.09. The Morgan fingerprint density at radius 1 is 1.50 bits per heavy atom. The zero-order valence-corrected chi connectivity index (χ0v) is 12.7. The Balaban J connectivity index is 2.01. The van der Waals surface area contributed by atoms with Gasteiger partial charge in [0.2, 0.25) is 0 Å². The summed E-state index contributed by atoms with van der Waals surface area (Å²) in [6.45, 7) is 4.58. The van der Waals surface area contributed by atoms with Crippen LogP contribution in [0.1, 0.15) is 6.92 Å². The van der Waals surface area contributed by atoms with Crippen molar-refractivity contribution in [3.05, 3.63) is 22.6 Å². The molecule has 3 N–H and O–H groups in total. The molecule has 0 bridgehead atoms. The summed E-state index contributed by atoms with van der Waals surface area (Å²) in [5, 5.41) is 11.7. The lowest BCUT2D eigenvalue weighted by Gasteiger charge is -2.38. The molecule has 0 aromatic carbocycles. The summed E-state index contributed by atoms with van der Waals surface area (Å²) in [5.74, 6) is 0.216. The number of rotatable bonds is 3. The van der Waals surface area contributed by atoms with E-state index in [1.807, 2.05) is 11.8 Å². The van der Waals surface area contributed by atoms with Gasteiger partial charge in [0.1, 0.15) is 0 Å². The summed E-state index contributed by atoms with van der Waals surface area (Å²) in [5.41, 5.74) is 5.60. The van der Waals surface area contributed by atoms with E-state index in [4.69, 9.17) is 10.9 Å². The summed E-state index contributed by atoms with van der Waals surface area (Å²) in [6.07, 6.45) is 1.59. The zero-order chi connectivity index (χ0) is 14.7. The summed E-state index contributed by atoms with van der Waals surface area (Å²) in [4.78, 5) is 8.11. The number of oxime groups is 1. The molecule has 1 aromatic heterocycles. The number of anilines is 1. The third-order valence-corrected chi connectivity index (χ3v) is 3.93. The predicted octanol–water partition coefficient (Wildman–Crippen LogP) is 1.24. The second-order valence-electron chi connectivity index (χ2n) is 4.68. The van der Waals surface area contributed by atoms with Crippen LogP contribution in [0.4, 0.5) is 10.2 Å². The van der Waals surface area contributed by atoms with Gasteiger partial charge >= 0.3 is 0 Å². The van der Waals surface area contributed by atoms with Gasteiger partial charge in [-0.2, -0.15) is 0 Å². The van der Waals surface area contributed by atoms with Crippen molar-refractivity contribution < 1.29 is 9.60 Å². The Morgan fingerprint density at radius 2 is 2.15 bits per heavy atom. The Kier molecular flexibility index (Phi) is 4.77. The van der Waals surface area contributed by atoms with Gasteiger partial charge in [-0.15, -0.1) is 0 Å². The van der Waals surface area contributed by atoms with E-state index >= 15 is 0 Å². The minimum Gasteiger partial charge on any atom is -0.409 e. The van der Waals surface area contributed by atoms with E-state index in [2.05, 4.69) is 31.0 Å². The highest BCUT2D eigenvalue weighted by atomic mass is 79.9. The molecule has 20 heavy (non-hydrogen) atoms. The van der Waals surface area contributed by atoms with Gasteiger partial charge in [-0.1, -0.05) is 5.16 Å². The van der Waals surface area contributed by atoms with Gasteiger partial charge < -0.3 is 15.8 Å². The summed E-state index contributed by atoms with van der Waals surface area (Å²) in [7, 11) is 0. The molecule has 1 unspecified atom stereocenters. The van der Waals surface area contributed by atoms with E-state index in [1.54, 1.807) is 6.20 Å². The molecule has 1 atom stereocenters. The molecule has 1 saturated heterocycles. The van der Waals surface area contributed by atoms with E-state index in [0.29, 0.717) is 36.5 Å². The minimum absolute atomic E-state index is 0.134. The summed E-state index contributed by atoms with van der Waals surface area (Å²) < 4.78 is 14.5. The molecule has 1 fully saturated rings. The molecular formula is C12H17BrFN5O. The van der Waals surface area contributed by atoms with Crippen LogP contribution in [0.3, 0.4) is 0 Å². The molecule has 0 amide bonds. The normalized spacial score (nSPS) is 19.1. The fraction of sp³-hybridized carbons (Fsp3) is 0.500. The summed E-state index contributed by atoms with van der Waals surface area (Å²) in [6, 6.07) is 1.28. The van der Waals surface area contributed by atoms with E-state index in [0.717, 1.165) is 0 Å². The molecule has 2 heterocycles. The van der Waals surface area contributed by atoms with Gasteiger partial charge in [0.05, 0.1) is 6.04 Å². The standard InChI is InChI=1S/C12H17BrFN5O/c1-8(11(15)17-20)18-2-4-19(5-3-18)12-10(14)6-9(13)7-16-12/h6-8,20H,2-5H2,1H3,(H2,15,17). The number of halogens is 2. The number of nitrogens with zero attached hydrogens (tertiary/aromatic N) is 4. The first kappa shape index (κ1) is 15.0. The molecule has 0 radical (unpaired) electrons. The zero-order valence-electron chi connectivity index (χ0n) is 11.1. The molecule has 2 rings (SSSR count). The Labute approximate surface area is 125 Å². The van der Waals surface area contributed by atoms with Gasteiger partial charge in [-0.25, -0.2) is 9.37 Å². The molecule has 1 aliphatic rings. The fourth-order valence-electron chi connectivity index (χ4n) is 2.23. The van der Waals surface area contributed by atoms with Crippen LogP contribution in [0.15, 0.2) is 21.9 Å². The smallest absolute Gasteiger partial charge is 0.166 e. The topological polar surface area (TPSA) is 78.0 Å². The quantitative estimate of drug-likeness (QED) is 0.373. The van der Waals surface area contributed by atoms with Crippen LogP contribution in [-0.4, -0.2) is 53.1 Å². The number of nitrogens with two attached hydrogens (primary N) is 1. The summed E-state index contributed by atoms with van der Waals surface area (Å²) >= 11 is 3.19. The van der Waals surface area contributed by atoms with Gasteiger partial charge in [0.25, 0.3) is 0 Å². The molecule has 0 aliphatic carbocycles. The Bertz CT molecular complexity index is 505. The average Bonchev–Trinajstić information content (AvgIpc) is 2.46. The molecule has 0 saturated carbocycles. The highest BCUT2D eigenvalue weighted by Gasteiger charge is 2.25. The molecular weight excluding hydrogens is 329 g/mol. The third-order valence-electron chi connectivity index (χ3n) is 3.49. The van der Waals surface area contributed by atoms with Crippen molar-refractivity contribution in [2.24, 2.45) is 10.9 Å². The largest absolute Gasteiger partial charge is 0.409 e. The molecule has 8 heteroatoms. The maximum Gasteiger partial charge on any atom is 0.166 e. The highest BCUT2D eigenvalue weighted by Crippen LogP contribution is 2.21. The number of aromatic nitrogens is 1. The molecule has 1 aromatic rings. The fourth-order valence-corrected chi connectivity index (χ4v) is 2.54. The van der Waals surface area contributed by atoms with Crippen molar-refractivity contribution in [3.8, 4) is 0 Å². The van der Waals surface area contributed by atoms with E-state index in [1.165, 1.54) is 6.07 Å².